The fraction of sp³-hybridized carbons (Fsp3) is 0.778. The van der Waals surface area contributed by atoms with Crippen LogP contribution in [-0.4, -0.2) is 91.1 Å². The number of ketones is 1. The zero-order valence-corrected chi connectivity index (χ0v) is 34.0. The number of benzene rings is 1. The number of aryl methyl sites for hydroxylation is 1. The number of aliphatic hydroxyl groups excluding tert-OH is 3. The largest absolute Gasteiger partial charge is 0.508 e. The summed E-state index contributed by atoms with van der Waals surface area (Å²) in [5.74, 6) is -0.0241. The molecule has 306 valence electrons. The van der Waals surface area contributed by atoms with Gasteiger partial charge >= 0.3 is 0 Å². The number of amides is 1. The van der Waals surface area contributed by atoms with Crippen LogP contribution in [0.1, 0.15) is 124 Å². The summed E-state index contributed by atoms with van der Waals surface area (Å²) in [7, 11) is 0. The predicted octanol–water partition coefficient (Wildman–Crippen LogP) is 5.62. The summed E-state index contributed by atoms with van der Waals surface area (Å²) in [6.07, 6.45) is 6.67. The van der Waals surface area contributed by atoms with Crippen LogP contribution in [0.15, 0.2) is 29.8 Å². The minimum absolute atomic E-state index is 0.0472. The van der Waals surface area contributed by atoms with Crippen molar-refractivity contribution in [2.45, 2.75) is 161 Å². The van der Waals surface area contributed by atoms with E-state index in [4.69, 9.17) is 4.74 Å². The molecule has 0 radical (unpaired) electrons. The van der Waals surface area contributed by atoms with Gasteiger partial charge in [-0.25, -0.2) is 0 Å². The van der Waals surface area contributed by atoms with Gasteiger partial charge in [0.25, 0.3) is 0 Å². The van der Waals surface area contributed by atoms with E-state index in [2.05, 4.69) is 27.7 Å². The maximum Gasteiger partial charge on any atom is 0.227 e. The molecule has 1 aromatic rings. The minimum Gasteiger partial charge on any atom is -0.508 e. The molecule has 7 rings (SSSR count). The van der Waals surface area contributed by atoms with Crippen molar-refractivity contribution in [3.05, 3.63) is 35.4 Å². The first kappa shape index (κ1) is 40.8. The Morgan fingerprint density at radius 1 is 1.04 bits per heavy atom. The Morgan fingerprint density at radius 3 is 2.45 bits per heavy atom. The quantitative estimate of drug-likeness (QED) is 0.110. The molecule has 6 N–H and O–H groups in total. The van der Waals surface area contributed by atoms with Crippen LogP contribution in [0.25, 0.3) is 0 Å². The maximum absolute atomic E-state index is 14.3. The van der Waals surface area contributed by atoms with Gasteiger partial charge in [-0.05, 0) is 129 Å². The minimum atomic E-state index is -1.48. The number of carbonyl (C=O) groups excluding carboxylic acids is 2. The van der Waals surface area contributed by atoms with Gasteiger partial charge in [0.1, 0.15) is 11.9 Å². The number of phenolic OH excluding ortho intramolecular Hbond substituents is 1. The summed E-state index contributed by atoms with van der Waals surface area (Å²) in [6.45, 7) is 12.6. The Balaban J connectivity index is 1.25. The molecule has 1 amide bonds. The highest BCUT2D eigenvalue weighted by molar-refractivity contribution is 5.98. The van der Waals surface area contributed by atoms with Crippen molar-refractivity contribution < 1.29 is 45.0 Å². The summed E-state index contributed by atoms with van der Waals surface area (Å²) in [5, 5.41) is 69.7. The second kappa shape index (κ2) is 14.5. The number of nitrogens with zero attached hydrogens (tertiary/aromatic N) is 1. The SMILES string of the molecule is CCCCCC1CC(=O)N(c2cc(O)cc(CCC34CCC5C(=CC(=O)C6(CO)CC(O)C(O)CC56C)C3(O)CCC4C(C)(O)C3OC3C(C)C(C)C)c2)C1. The molecule has 5 fully saturated rings. The summed E-state index contributed by atoms with van der Waals surface area (Å²) in [4.78, 5) is 29.4. The lowest BCUT2D eigenvalue weighted by atomic mass is 9.40. The number of rotatable bonds is 13. The number of ether oxygens (including phenoxy) is 1. The monoisotopic (exact) mass is 765 g/mol. The highest BCUT2D eigenvalue weighted by Gasteiger charge is 2.74. The molecular weight excluding hydrogens is 698 g/mol. The summed E-state index contributed by atoms with van der Waals surface area (Å²) in [5.41, 5.74) is -3.69. The molecule has 0 aromatic heterocycles. The summed E-state index contributed by atoms with van der Waals surface area (Å²) < 4.78 is 6.29. The first-order valence-electron chi connectivity index (χ1n) is 21.4. The van der Waals surface area contributed by atoms with Gasteiger partial charge in [0.2, 0.25) is 5.91 Å². The van der Waals surface area contributed by atoms with Crippen molar-refractivity contribution in [2.24, 2.45) is 45.8 Å². The average Bonchev–Trinajstić information content (AvgIpc) is 3.76. The summed E-state index contributed by atoms with van der Waals surface area (Å²) >= 11 is 0. The number of aromatic hydroxyl groups is 1. The third-order valence-corrected chi connectivity index (χ3v) is 16.5. The molecule has 10 nitrogen and oxygen atoms in total. The molecule has 2 saturated heterocycles. The standard InChI is InChI=1S/C45H67NO9/c1-7-8-9-10-29-19-38(52)46(24-29)30-17-28(18-31(48)20-30)11-14-43-15-12-32-33(21-37(51)44(25-47)23-35(50)34(49)22-41(32,44)5)45(43,54)16-13-36(43)42(6,53)40-39(55-40)27(4)26(2)3/h17-18,20-21,26-27,29,32,34-36,39-40,47-50,53-54H,7-16,19,22-25H2,1-6H3. The van der Waals surface area contributed by atoms with Crippen molar-refractivity contribution in [1.82, 2.24) is 0 Å². The lowest BCUT2D eigenvalue weighted by Crippen LogP contribution is -2.67. The molecule has 4 aliphatic carbocycles. The van der Waals surface area contributed by atoms with Crippen LogP contribution < -0.4 is 4.90 Å². The van der Waals surface area contributed by atoms with Gasteiger partial charge in [-0.2, -0.15) is 0 Å². The number of phenols is 1. The average molecular weight is 766 g/mol. The molecule has 1 aromatic carbocycles. The molecular formula is C45H67NO9. The first-order valence-corrected chi connectivity index (χ1v) is 21.4. The van der Waals surface area contributed by atoms with E-state index < -0.39 is 52.4 Å². The van der Waals surface area contributed by atoms with E-state index >= 15 is 0 Å². The number of anilines is 1. The lowest BCUT2D eigenvalue weighted by molar-refractivity contribution is -0.195. The van der Waals surface area contributed by atoms with Gasteiger partial charge in [-0.3, -0.25) is 9.59 Å². The number of epoxide rings is 1. The molecule has 2 aliphatic heterocycles. The fourth-order valence-corrected chi connectivity index (χ4v) is 12.8. The van der Waals surface area contributed by atoms with Crippen LogP contribution in [0.2, 0.25) is 0 Å². The second-order valence-electron chi connectivity index (χ2n) is 19.6. The van der Waals surface area contributed by atoms with Gasteiger partial charge < -0.3 is 40.3 Å². The predicted molar refractivity (Wildman–Crippen MR) is 209 cm³/mol. The first-order chi connectivity index (χ1) is 25.9. The highest BCUT2D eigenvalue weighted by atomic mass is 16.6. The smallest absolute Gasteiger partial charge is 0.227 e. The van der Waals surface area contributed by atoms with E-state index in [1.54, 1.807) is 23.1 Å². The number of fused-ring (bicyclic) bond motifs is 5. The summed E-state index contributed by atoms with van der Waals surface area (Å²) in [6, 6.07) is 5.36. The van der Waals surface area contributed by atoms with E-state index in [9.17, 15) is 40.2 Å². The molecule has 0 bridgehead atoms. The number of allylic oxidation sites excluding steroid dienone is 1. The van der Waals surface area contributed by atoms with Crippen molar-refractivity contribution >= 4 is 17.4 Å². The van der Waals surface area contributed by atoms with Crippen LogP contribution in [0.4, 0.5) is 5.69 Å². The van der Waals surface area contributed by atoms with Crippen LogP contribution in [0, 0.1) is 45.8 Å². The molecule has 2 heterocycles. The van der Waals surface area contributed by atoms with Gasteiger partial charge in [0, 0.05) is 30.1 Å². The van der Waals surface area contributed by atoms with Crippen LogP contribution >= 0.6 is 0 Å². The maximum atomic E-state index is 14.3. The zero-order chi connectivity index (χ0) is 39.9. The third-order valence-electron chi connectivity index (χ3n) is 16.5. The third kappa shape index (κ3) is 6.35. The van der Waals surface area contributed by atoms with Crippen molar-refractivity contribution in [1.29, 1.82) is 0 Å². The van der Waals surface area contributed by atoms with E-state index in [0.29, 0.717) is 68.7 Å². The second-order valence-corrected chi connectivity index (χ2v) is 19.6. The van der Waals surface area contributed by atoms with Gasteiger partial charge in [0.05, 0.1) is 41.5 Å². The molecule has 13 atom stereocenters. The highest BCUT2D eigenvalue weighted by Crippen LogP contribution is 2.72. The Morgan fingerprint density at radius 2 is 1.76 bits per heavy atom. The van der Waals surface area contributed by atoms with Crippen molar-refractivity contribution in [3.8, 4) is 5.75 Å². The number of unbranched alkanes of at least 4 members (excludes halogenated alkanes) is 2. The number of carbonyl (C=O) groups is 2. The Labute approximate surface area is 327 Å². The van der Waals surface area contributed by atoms with E-state index in [0.717, 1.165) is 31.2 Å². The van der Waals surface area contributed by atoms with Crippen molar-refractivity contribution in [3.63, 3.8) is 0 Å². The fourth-order valence-electron chi connectivity index (χ4n) is 12.8. The van der Waals surface area contributed by atoms with Crippen molar-refractivity contribution in [2.75, 3.05) is 18.1 Å². The van der Waals surface area contributed by atoms with Crippen LogP contribution in [0.3, 0.4) is 0 Å². The Bertz CT molecular complexity index is 1670. The van der Waals surface area contributed by atoms with Gasteiger partial charge in [0.15, 0.2) is 5.78 Å². The molecule has 10 heteroatoms. The number of hydrogen-bond acceptors (Lipinski definition) is 9. The van der Waals surface area contributed by atoms with E-state index in [1.807, 2.05) is 19.9 Å². The molecule has 6 aliphatic rings. The topological polar surface area (TPSA) is 171 Å². The van der Waals surface area contributed by atoms with E-state index in [-0.39, 0.29) is 60.1 Å². The van der Waals surface area contributed by atoms with Gasteiger partial charge in [-0.1, -0.05) is 53.9 Å². The lowest BCUT2D eigenvalue weighted by Gasteiger charge is -2.64. The zero-order valence-electron chi connectivity index (χ0n) is 34.0. The number of hydrogen-bond donors (Lipinski definition) is 6. The molecule has 0 spiro atoms. The number of aliphatic hydroxyl groups is 5. The normalized spacial score (nSPS) is 41.4. The van der Waals surface area contributed by atoms with E-state index in [1.165, 1.54) is 0 Å². The molecule has 55 heavy (non-hydrogen) atoms. The van der Waals surface area contributed by atoms with Crippen LogP contribution in [0.5, 0.6) is 5.75 Å². The van der Waals surface area contributed by atoms with Gasteiger partial charge in [-0.15, -0.1) is 0 Å². The van der Waals surface area contributed by atoms with Crippen LogP contribution in [-0.2, 0) is 20.7 Å². The molecule has 3 saturated carbocycles. The Hall–Kier alpha value is -2.34. The Kier molecular flexibility index (Phi) is 10.8. The molecule has 13 unspecified atom stereocenters.